The average molecular weight is 180 g/mol. The van der Waals surface area contributed by atoms with Crippen LogP contribution < -0.4 is 0 Å². The van der Waals surface area contributed by atoms with Crippen LogP contribution in [0.4, 0.5) is 0 Å². The highest BCUT2D eigenvalue weighted by Gasteiger charge is 2.12. The maximum absolute atomic E-state index is 11.2. The summed E-state index contributed by atoms with van der Waals surface area (Å²) in [4.78, 5) is 0. The van der Waals surface area contributed by atoms with E-state index in [9.17, 15) is 4.21 Å². The molecule has 0 heterocycles. The summed E-state index contributed by atoms with van der Waals surface area (Å²) in [5, 5.41) is 0.169. The van der Waals surface area contributed by atoms with Crippen molar-refractivity contribution in [2.75, 3.05) is 20.0 Å². The Morgan fingerprint density at radius 1 is 1.27 bits per heavy atom. The van der Waals surface area contributed by atoms with Crippen molar-refractivity contribution in [2.45, 2.75) is 25.4 Å². The predicted octanol–water partition coefficient (Wildman–Crippen LogP) is 0.762. The summed E-state index contributed by atoms with van der Waals surface area (Å²) in [6, 6.07) is 0. The summed E-state index contributed by atoms with van der Waals surface area (Å²) in [7, 11) is 2.24. The molecule has 1 unspecified atom stereocenters. The third-order valence-corrected chi connectivity index (χ3v) is 3.00. The van der Waals surface area contributed by atoms with E-state index in [4.69, 9.17) is 9.47 Å². The number of ether oxygens (including phenoxy) is 2. The maximum Gasteiger partial charge on any atom is 0.168 e. The minimum Gasteiger partial charge on any atom is -0.355 e. The van der Waals surface area contributed by atoms with Crippen LogP contribution in [0.1, 0.15) is 13.8 Å². The lowest BCUT2D eigenvalue weighted by Crippen LogP contribution is -2.24. The summed E-state index contributed by atoms with van der Waals surface area (Å²) >= 11 is 0. The SMILES string of the molecule is COC(CS(=O)C(C)C)OC. The van der Waals surface area contributed by atoms with Gasteiger partial charge in [-0.1, -0.05) is 13.8 Å². The molecule has 0 aromatic carbocycles. The summed E-state index contributed by atoms with van der Waals surface area (Å²) in [5.41, 5.74) is 0. The minimum absolute atomic E-state index is 0.169. The molecule has 4 heteroatoms. The maximum atomic E-state index is 11.2. The van der Waals surface area contributed by atoms with Crippen LogP contribution >= 0.6 is 0 Å². The van der Waals surface area contributed by atoms with Crippen LogP contribution in [0, 0.1) is 0 Å². The van der Waals surface area contributed by atoms with Crippen molar-refractivity contribution >= 4 is 10.8 Å². The second-order valence-corrected chi connectivity index (χ2v) is 4.53. The minimum atomic E-state index is -0.852. The van der Waals surface area contributed by atoms with E-state index in [1.165, 1.54) is 0 Å². The average Bonchev–Trinajstić information content (AvgIpc) is 1.99. The lowest BCUT2D eigenvalue weighted by atomic mass is 10.6. The molecule has 0 rings (SSSR count). The summed E-state index contributed by atoms with van der Waals surface area (Å²) in [6.45, 7) is 3.83. The lowest BCUT2D eigenvalue weighted by molar-refractivity contribution is -0.0847. The van der Waals surface area contributed by atoms with Crippen molar-refractivity contribution in [3.05, 3.63) is 0 Å². The zero-order valence-corrected chi connectivity index (χ0v) is 8.31. The van der Waals surface area contributed by atoms with Crippen LogP contribution in [0.25, 0.3) is 0 Å². The van der Waals surface area contributed by atoms with E-state index in [-0.39, 0.29) is 11.5 Å². The molecule has 0 fully saturated rings. The van der Waals surface area contributed by atoms with Gasteiger partial charge in [0.25, 0.3) is 0 Å². The van der Waals surface area contributed by atoms with E-state index in [2.05, 4.69) is 0 Å². The van der Waals surface area contributed by atoms with Crippen LogP contribution in [0.2, 0.25) is 0 Å². The molecule has 3 nitrogen and oxygen atoms in total. The van der Waals surface area contributed by atoms with Gasteiger partial charge in [0.2, 0.25) is 0 Å². The highest BCUT2D eigenvalue weighted by Crippen LogP contribution is 2.00. The monoisotopic (exact) mass is 180 g/mol. The predicted molar refractivity (Wildman–Crippen MR) is 46.0 cm³/mol. The number of hydrogen-bond acceptors (Lipinski definition) is 3. The molecular formula is C7H16O3S. The largest absolute Gasteiger partial charge is 0.355 e. The quantitative estimate of drug-likeness (QED) is 0.586. The first-order valence-corrected chi connectivity index (χ1v) is 4.92. The number of rotatable bonds is 5. The van der Waals surface area contributed by atoms with Crippen LogP contribution in [0.5, 0.6) is 0 Å². The van der Waals surface area contributed by atoms with Crippen molar-refractivity contribution in [1.29, 1.82) is 0 Å². The molecule has 0 aliphatic rings. The molecule has 0 aliphatic carbocycles. The Balaban J connectivity index is 3.72. The highest BCUT2D eigenvalue weighted by atomic mass is 32.2. The Bertz CT molecular complexity index is 121. The smallest absolute Gasteiger partial charge is 0.168 e. The molecule has 0 aromatic heterocycles. The zero-order chi connectivity index (χ0) is 8.85. The van der Waals surface area contributed by atoms with Crippen molar-refractivity contribution < 1.29 is 13.7 Å². The molecule has 0 saturated carbocycles. The van der Waals surface area contributed by atoms with Crippen LogP contribution in [0.15, 0.2) is 0 Å². The normalized spacial score (nSPS) is 14.4. The molecule has 0 bridgehead atoms. The second-order valence-electron chi connectivity index (χ2n) is 2.50. The molecule has 0 saturated heterocycles. The fraction of sp³-hybridized carbons (Fsp3) is 1.00. The molecule has 0 amide bonds. The first-order chi connectivity index (χ1) is 5.11. The van der Waals surface area contributed by atoms with Gasteiger partial charge in [0, 0.05) is 30.3 Å². The first-order valence-electron chi connectivity index (χ1n) is 3.54. The van der Waals surface area contributed by atoms with Gasteiger partial charge in [-0.15, -0.1) is 0 Å². The Labute approximate surface area is 70.5 Å². The van der Waals surface area contributed by atoms with Crippen molar-refractivity contribution in [2.24, 2.45) is 0 Å². The van der Waals surface area contributed by atoms with Gasteiger partial charge >= 0.3 is 0 Å². The van der Waals surface area contributed by atoms with Gasteiger partial charge in [0.15, 0.2) is 6.29 Å². The van der Waals surface area contributed by atoms with Gasteiger partial charge in [0.1, 0.15) is 0 Å². The third-order valence-electron chi connectivity index (χ3n) is 1.35. The number of hydrogen-bond donors (Lipinski definition) is 0. The van der Waals surface area contributed by atoms with E-state index in [1.54, 1.807) is 14.2 Å². The summed E-state index contributed by atoms with van der Waals surface area (Å²) < 4.78 is 21.0. The topological polar surface area (TPSA) is 35.5 Å². The molecule has 0 aliphatic heterocycles. The molecule has 68 valence electrons. The molecular weight excluding hydrogens is 164 g/mol. The fourth-order valence-corrected chi connectivity index (χ4v) is 1.48. The Morgan fingerprint density at radius 3 is 2.00 bits per heavy atom. The van der Waals surface area contributed by atoms with Crippen LogP contribution in [-0.4, -0.2) is 35.7 Å². The summed E-state index contributed by atoms with van der Waals surface area (Å²) in [6.07, 6.45) is -0.335. The van der Waals surface area contributed by atoms with E-state index in [0.29, 0.717) is 5.75 Å². The zero-order valence-electron chi connectivity index (χ0n) is 7.49. The molecule has 0 radical (unpaired) electrons. The molecule has 0 aromatic rings. The van der Waals surface area contributed by atoms with Crippen molar-refractivity contribution in [1.82, 2.24) is 0 Å². The molecule has 11 heavy (non-hydrogen) atoms. The number of methoxy groups -OCH3 is 2. The van der Waals surface area contributed by atoms with Crippen LogP contribution in [-0.2, 0) is 20.3 Å². The van der Waals surface area contributed by atoms with Crippen LogP contribution in [0.3, 0.4) is 0 Å². The Kier molecular flexibility index (Phi) is 5.72. The van der Waals surface area contributed by atoms with Gasteiger partial charge in [-0.25, -0.2) is 0 Å². The van der Waals surface area contributed by atoms with Gasteiger partial charge < -0.3 is 9.47 Å². The highest BCUT2D eigenvalue weighted by molar-refractivity contribution is 7.85. The van der Waals surface area contributed by atoms with Crippen molar-refractivity contribution in [3.8, 4) is 0 Å². The van der Waals surface area contributed by atoms with E-state index in [0.717, 1.165) is 0 Å². The van der Waals surface area contributed by atoms with Gasteiger partial charge in [-0.2, -0.15) is 0 Å². The fourth-order valence-electron chi connectivity index (χ4n) is 0.559. The standard InChI is InChI=1S/C7H16O3S/c1-6(2)11(8)5-7(9-3)10-4/h6-7H,5H2,1-4H3. The first kappa shape index (κ1) is 11.1. The Morgan fingerprint density at radius 2 is 1.73 bits per heavy atom. The van der Waals surface area contributed by atoms with E-state index in [1.807, 2.05) is 13.8 Å². The summed E-state index contributed by atoms with van der Waals surface area (Å²) in [5.74, 6) is 0.449. The Hall–Kier alpha value is 0.0700. The van der Waals surface area contributed by atoms with Gasteiger partial charge in [0.05, 0.1) is 5.75 Å². The molecule has 0 spiro atoms. The van der Waals surface area contributed by atoms with Gasteiger partial charge in [-0.05, 0) is 0 Å². The third kappa shape index (κ3) is 4.50. The molecule has 1 atom stereocenters. The lowest BCUT2D eigenvalue weighted by Gasteiger charge is -2.13. The second kappa shape index (κ2) is 5.69. The van der Waals surface area contributed by atoms with E-state index < -0.39 is 10.8 Å². The van der Waals surface area contributed by atoms with Gasteiger partial charge in [-0.3, -0.25) is 4.21 Å². The van der Waals surface area contributed by atoms with Crippen molar-refractivity contribution in [3.63, 3.8) is 0 Å². The van der Waals surface area contributed by atoms with E-state index >= 15 is 0 Å². The molecule has 0 N–H and O–H groups in total.